The molecular formula is C22H22N2O5. The number of ether oxygens (including phenoxy) is 1. The van der Waals surface area contributed by atoms with Gasteiger partial charge in [0, 0.05) is 6.54 Å². The van der Waals surface area contributed by atoms with Gasteiger partial charge in [0.15, 0.2) is 6.61 Å². The van der Waals surface area contributed by atoms with Crippen molar-refractivity contribution in [3.05, 3.63) is 71.3 Å². The Morgan fingerprint density at radius 2 is 1.48 bits per heavy atom. The lowest BCUT2D eigenvalue weighted by atomic mass is 10.0. The molecule has 29 heavy (non-hydrogen) atoms. The highest BCUT2D eigenvalue weighted by Crippen LogP contribution is 2.24. The molecule has 2 aromatic carbocycles. The summed E-state index contributed by atoms with van der Waals surface area (Å²) in [6.45, 7) is 3.30. The van der Waals surface area contributed by atoms with Gasteiger partial charge in [0.2, 0.25) is 0 Å². The number of carbonyl (C=O) groups is 4. The van der Waals surface area contributed by atoms with Gasteiger partial charge in [0.05, 0.1) is 11.1 Å². The summed E-state index contributed by atoms with van der Waals surface area (Å²) in [7, 11) is 0. The Hall–Kier alpha value is -3.48. The third-order valence-corrected chi connectivity index (χ3v) is 4.87. The van der Waals surface area contributed by atoms with Gasteiger partial charge in [-0.2, -0.15) is 0 Å². The second-order valence-electron chi connectivity index (χ2n) is 6.93. The van der Waals surface area contributed by atoms with Crippen molar-refractivity contribution in [2.45, 2.75) is 25.8 Å². The maximum atomic E-state index is 12.4. The van der Waals surface area contributed by atoms with Gasteiger partial charge in [-0.05, 0) is 30.5 Å². The number of nitrogens with zero attached hydrogens (tertiary/aromatic N) is 1. The average Bonchev–Trinajstić information content (AvgIpc) is 3.00. The van der Waals surface area contributed by atoms with Crippen LogP contribution in [0, 0.1) is 0 Å². The Morgan fingerprint density at radius 3 is 2.07 bits per heavy atom. The summed E-state index contributed by atoms with van der Waals surface area (Å²) in [5, 5.41) is 2.71. The summed E-state index contributed by atoms with van der Waals surface area (Å²) in [4.78, 5) is 50.0. The first kappa shape index (κ1) is 20.3. The quantitative estimate of drug-likeness (QED) is 0.574. The number of nitrogens with one attached hydrogen (secondary N) is 1. The van der Waals surface area contributed by atoms with Crippen molar-refractivity contribution in [3.8, 4) is 0 Å². The molecule has 1 aliphatic rings. The van der Waals surface area contributed by atoms with E-state index in [-0.39, 0.29) is 17.0 Å². The van der Waals surface area contributed by atoms with Crippen LogP contribution in [0.5, 0.6) is 0 Å². The van der Waals surface area contributed by atoms with Crippen LogP contribution in [-0.4, -0.2) is 47.8 Å². The number of hydrogen-bond donors (Lipinski definition) is 1. The van der Waals surface area contributed by atoms with E-state index in [4.69, 9.17) is 4.74 Å². The lowest BCUT2D eigenvalue weighted by Crippen LogP contribution is -2.44. The van der Waals surface area contributed by atoms with Gasteiger partial charge in [0.25, 0.3) is 17.7 Å². The summed E-state index contributed by atoms with van der Waals surface area (Å²) >= 11 is 0. The first-order chi connectivity index (χ1) is 13.9. The zero-order valence-corrected chi connectivity index (χ0v) is 16.3. The van der Waals surface area contributed by atoms with E-state index in [9.17, 15) is 19.2 Å². The molecule has 0 bridgehead atoms. The Bertz CT molecular complexity index is 906. The average molecular weight is 394 g/mol. The Kier molecular flexibility index (Phi) is 6.07. The molecule has 0 unspecified atom stereocenters. The SMILES string of the molecule is C[C@H](C(=O)OCC(=O)NC[C@H](C)c1ccccc1)N1C(=O)c2ccccc2C1=O. The lowest BCUT2D eigenvalue weighted by molar-refractivity contribution is -0.151. The molecule has 0 saturated heterocycles. The van der Waals surface area contributed by atoms with Gasteiger partial charge >= 0.3 is 5.97 Å². The van der Waals surface area contributed by atoms with Gasteiger partial charge in [0.1, 0.15) is 6.04 Å². The van der Waals surface area contributed by atoms with E-state index in [1.54, 1.807) is 12.1 Å². The van der Waals surface area contributed by atoms with Crippen LogP contribution in [0.3, 0.4) is 0 Å². The van der Waals surface area contributed by atoms with E-state index in [1.165, 1.54) is 19.1 Å². The number of carbonyl (C=O) groups excluding carboxylic acids is 4. The molecule has 1 N–H and O–H groups in total. The first-order valence-electron chi connectivity index (χ1n) is 9.35. The van der Waals surface area contributed by atoms with Crippen molar-refractivity contribution >= 4 is 23.7 Å². The van der Waals surface area contributed by atoms with Crippen molar-refractivity contribution in [2.75, 3.05) is 13.2 Å². The minimum Gasteiger partial charge on any atom is -0.454 e. The Balaban J connectivity index is 1.50. The van der Waals surface area contributed by atoms with E-state index in [2.05, 4.69) is 5.32 Å². The summed E-state index contributed by atoms with van der Waals surface area (Å²) in [5.74, 6) is -2.25. The van der Waals surface area contributed by atoms with Gasteiger partial charge in [-0.15, -0.1) is 0 Å². The number of imide groups is 1. The summed E-state index contributed by atoms with van der Waals surface area (Å²) < 4.78 is 5.01. The van der Waals surface area contributed by atoms with Crippen molar-refractivity contribution in [1.82, 2.24) is 10.2 Å². The van der Waals surface area contributed by atoms with Crippen LogP contribution < -0.4 is 5.32 Å². The largest absolute Gasteiger partial charge is 0.454 e. The highest BCUT2D eigenvalue weighted by Gasteiger charge is 2.41. The van der Waals surface area contributed by atoms with Gasteiger partial charge in [-0.3, -0.25) is 19.3 Å². The normalized spacial score (nSPS) is 14.9. The Labute approximate surface area is 168 Å². The highest BCUT2D eigenvalue weighted by molar-refractivity contribution is 6.22. The standard InChI is InChI=1S/C22H22N2O5/c1-14(16-8-4-3-5-9-16)12-23-19(25)13-29-22(28)15(2)24-20(26)17-10-6-7-11-18(17)21(24)27/h3-11,14-15H,12-13H2,1-2H3,(H,23,25)/t14-,15+/m0/s1. The molecule has 150 valence electrons. The predicted molar refractivity (Wildman–Crippen MR) is 105 cm³/mol. The smallest absolute Gasteiger partial charge is 0.329 e. The molecule has 0 aromatic heterocycles. The molecular weight excluding hydrogens is 372 g/mol. The number of esters is 1. The monoisotopic (exact) mass is 394 g/mol. The molecule has 0 saturated carbocycles. The molecule has 3 rings (SSSR count). The fourth-order valence-electron chi connectivity index (χ4n) is 3.14. The Morgan fingerprint density at radius 1 is 0.931 bits per heavy atom. The topological polar surface area (TPSA) is 92.8 Å². The van der Waals surface area contributed by atoms with Crippen LogP contribution in [0.25, 0.3) is 0 Å². The summed E-state index contributed by atoms with van der Waals surface area (Å²) in [6.07, 6.45) is 0. The van der Waals surface area contributed by atoms with Crippen molar-refractivity contribution in [2.24, 2.45) is 0 Å². The molecule has 7 heteroatoms. The minimum absolute atomic E-state index is 0.105. The van der Waals surface area contributed by atoms with Crippen molar-refractivity contribution in [1.29, 1.82) is 0 Å². The van der Waals surface area contributed by atoms with Gasteiger partial charge in [-0.1, -0.05) is 49.4 Å². The molecule has 0 fully saturated rings. The van der Waals surface area contributed by atoms with E-state index in [1.807, 2.05) is 37.3 Å². The maximum Gasteiger partial charge on any atom is 0.329 e. The fourth-order valence-corrected chi connectivity index (χ4v) is 3.14. The molecule has 7 nitrogen and oxygen atoms in total. The fraction of sp³-hybridized carbons (Fsp3) is 0.273. The molecule has 1 aliphatic heterocycles. The van der Waals surface area contributed by atoms with Crippen LogP contribution in [0.2, 0.25) is 0 Å². The number of benzene rings is 2. The molecule has 1 heterocycles. The third-order valence-electron chi connectivity index (χ3n) is 4.87. The molecule has 2 atom stereocenters. The van der Waals surface area contributed by atoms with Crippen LogP contribution in [0.15, 0.2) is 54.6 Å². The van der Waals surface area contributed by atoms with E-state index >= 15 is 0 Å². The summed E-state index contributed by atoms with van der Waals surface area (Å²) in [6, 6.07) is 15.0. The van der Waals surface area contributed by atoms with Crippen LogP contribution in [0.4, 0.5) is 0 Å². The zero-order chi connectivity index (χ0) is 21.0. The molecule has 2 aromatic rings. The van der Waals surface area contributed by atoms with Crippen LogP contribution in [-0.2, 0) is 14.3 Å². The van der Waals surface area contributed by atoms with Crippen molar-refractivity contribution < 1.29 is 23.9 Å². The zero-order valence-electron chi connectivity index (χ0n) is 16.3. The summed E-state index contributed by atoms with van der Waals surface area (Å²) in [5.41, 5.74) is 1.60. The highest BCUT2D eigenvalue weighted by atomic mass is 16.5. The minimum atomic E-state index is -1.13. The van der Waals surface area contributed by atoms with E-state index in [0.29, 0.717) is 6.54 Å². The molecule has 3 amide bonds. The van der Waals surface area contributed by atoms with Gasteiger partial charge in [-0.25, -0.2) is 4.79 Å². The molecule has 0 spiro atoms. The van der Waals surface area contributed by atoms with Crippen molar-refractivity contribution in [3.63, 3.8) is 0 Å². The number of amides is 3. The third kappa shape index (κ3) is 4.34. The lowest BCUT2D eigenvalue weighted by Gasteiger charge is -2.21. The predicted octanol–water partition coefficient (Wildman–Crippen LogP) is 2.13. The maximum absolute atomic E-state index is 12.4. The second kappa shape index (κ2) is 8.68. The second-order valence-corrected chi connectivity index (χ2v) is 6.93. The van der Waals surface area contributed by atoms with E-state index in [0.717, 1.165) is 10.5 Å². The first-order valence-corrected chi connectivity index (χ1v) is 9.35. The van der Waals surface area contributed by atoms with Crippen LogP contribution in [0.1, 0.15) is 46.0 Å². The number of hydrogen-bond acceptors (Lipinski definition) is 5. The molecule has 0 aliphatic carbocycles. The van der Waals surface area contributed by atoms with Crippen LogP contribution >= 0.6 is 0 Å². The number of fused-ring (bicyclic) bond motifs is 1. The van der Waals surface area contributed by atoms with Gasteiger partial charge < -0.3 is 10.1 Å². The number of rotatable bonds is 7. The van der Waals surface area contributed by atoms with E-state index < -0.39 is 36.3 Å². The molecule has 0 radical (unpaired) electrons.